The number of nitrogens with one attached hydrogen (secondary N) is 1. The van der Waals surface area contributed by atoms with Gasteiger partial charge in [-0.05, 0) is 31.0 Å². The van der Waals surface area contributed by atoms with Crippen LogP contribution in [0.2, 0.25) is 0 Å². The van der Waals surface area contributed by atoms with E-state index in [2.05, 4.69) is 16.1 Å². The standard InChI is InChI=1S/C17H20N2O4/c1-22-16(21)13-6-5-7-14(10-13)23-11-15(20)19-17(12-18)8-3-2-4-9-17/h5-7,10H,2-4,8-9,11H2,1H3,(H,19,20). The second-order valence-corrected chi connectivity index (χ2v) is 5.61. The Bertz CT molecular complexity index is 615. The molecule has 1 amide bonds. The van der Waals surface area contributed by atoms with Gasteiger partial charge in [-0.3, -0.25) is 4.79 Å². The topological polar surface area (TPSA) is 88.4 Å². The summed E-state index contributed by atoms with van der Waals surface area (Å²) in [5.74, 6) is -0.403. The normalized spacial score (nSPS) is 16.0. The smallest absolute Gasteiger partial charge is 0.337 e. The highest BCUT2D eigenvalue weighted by Crippen LogP contribution is 2.27. The van der Waals surface area contributed by atoms with Crippen molar-refractivity contribution in [1.29, 1.82) is 5.26 Å². The van der Waals surface area contributed by atoms with Gasteiger partial charge in [0.05, 0.1) is 18.7 Å². The van der Waals surface area contributed by atoms with Crippen LogP contribution in [0.15, 0.2) is 24.3 Å². The van der Waals surface area contributed by atoms with Crippen LogP contribution in [-0.4, -0.2) is 31.1 Å². The number of hydrogen-bond acceptors (Lipinski definition) is 5. The van der Waals surface area contributed by atoms with Crippen molar-refractivity contribution in [2.45, 2.75) is 37.6 Å². The van der Waals surface area contributed by atoms with Crippen LogP contribution in [0.3, 0.4) is 0 Å². The van der Waals surface area contributed by atoms with Crippen molar-refractivity contribution in [2.24, 2.45) is 0 Å². The predicted octanol–water partition coefficient (Wildman–Crippen LogP) is 2.19. The van der Waals surface area contributed by atoms with Gasteiger partial charge < -0.3 is 14.8 Å². The number of ether oxygens (including phenoxy) is 2. The van der Waals surface area contributed by atoms with Crippen molar-refractivity contribution in [3.8, 4) is 11.8 Å². The molecule has 1 aliphatic rings. The minimum absolute atomic E-state index is 0.200. The number of esters is 1. The molecular weight excluding hydrogens is 296 g/mol. The van der Waals surface area contributed by atoms with Crippen LogP contribution in [0.4, 0.5) is 0 Å². The van der Waals surface area contributed by atoms with Gasteiger partial charge in [0.2, 0.25) is 0 Å². The highest BCUT2D eigenvalue weighted by molar-refractivity contribution is 5.89. The Morgan fingerprint density at radius 2 is 2.04 bits per heavy atom. The van der Waals surface area contributed by atoms with Crippen molar-refractivity contribution in [1.82, 2.24) is 5.32 Å². The lowest BCUT2D eigenvalue weighted by atomic mass is 9.83. The van der Waals surface area contributed by atoms with Crippen LogP contribution in [0, 0.1) is 11.3 Å². The molecule has 1 N–H and O–H groups in total. The molecule has 1 aromatic carbocycles. The summed E-state index contributed by atoms with van der Waals surface area (Å²) in [6.45, 7) is -0.200. The first kappa shape index (κ1) is 16.8. The summed E-state index contributed by atoms with van der Waals surface area (Å²) in [5, 5.41) is 12.1. The number of carbonyl (C=O) groups excluding carboxylic acids is 2. The molecule has 6 heteroatoms. The molecule has 0 spiro atoms. The fourth-order valence-corrected chi connectivity index (χ4v) is 2.70. The maximum Gasteiger partial charge on any atom is 0.337 e. The third-order valence-corrected chi connectivity index (χ3v) is 3.92. The minimum atomic E-state index is -0.771. The zero-order chi connectivity index (χ0) is 16.7. The van der Waals surface area contributed by atoms with E-state index >= 15 is 0 Å². The van der Waals surface area contributed by atoms with Crippen molar-refractivity contribution in [3.63, 3.8) is 0 Å². The number of carbonyl (C=O) groups is 2. The molecule has 2 rings (SSSR count). The van der Waals surface area contributed by atoms with E-state index < -0.39 is 11.5 Å². The van der Waals surface area contributed by atoms with Crippen molar-refractivity contribution >= 4 is 11.9 Å². The first-order chi connectivity index (χ1) is 11.1. The van der Waals surface area contributed by atoms with E-state index in [0.717, 1.165) is 19.3 Å². The number of hydrogen-bond donors (Lipinski definition) is 1. The van der Waals surface area contributed by atoms with E-state index in [1.165, 1.54) is 13.2 Å². The van der Waals surface area contributed by atoms with Crippen molar-refractivity contribution in [2.75, 3.05) is 13.7 Å². The zero-order valence-corrected chi connectivity index (χ0v) is 13.1. The summed E-state index contributed by atoms with van der Waals surface area (Å²) in [5.41, 5.74) is -0.418. The lowest BCUT2D eigenvalue weighted by molar-refractivity contribution is -0.124. The monoisotopic (exact) mass is 316 g/mol. The maximum absolute atomic E-state index is 12.0. The van der Waals surface area contributed by atoms with Gasteiger partial charge in [0.1, 0.15) is 11.3 Å². The molecule has 0 atom stereocenters. The molecule has 1 aromatic rings. The Balaban J connectivity index is 1.91. The molecule has 0 aromatic heterocycles. The molecule has 1 aliphatic carbocycles. The molecule has 0 radical (unpaired) electrons. The van der Waals surface area contributed by atoms with Crippen LogP contribution < -0.4 is 10.1 Å². The highest BCUT2D eigenvalue weighted by atomic mass is 16.5. The second kappa shape index (κ2) is 7.63. The van der Waals surface area contributed by atoms with Gasteiger partial charge in [-0.2, -0.15) is 5.26 Å². The number of rotatable bonds is 5. The Kier molecular flexibility index (Phi) is 5.58. The van der Waals surface area contributed by atoms with E-state index in [1.807, 2.05) is 0 Å². The van der Waals surface area contributed by atoms with Crippen molar-refractivity contribution < 1.29 is 19.1 Å². The summed E-state index contributed by atoms with van der Waals surface area (Å²) >= 11 is 0. The van der Waals surface area contributed by atoms with E-state index in [9.17, 15) is 14.9 Å². The number of benzene rings is 1. The molecule has 0 aliphatic heterocycles. The average Bonchev–Trinajstić information content (AvgIpc) is 2.60. The summed E-state index contributed by atoms with van der Waals surface area (Å²) in [6.07, 6.45) is 4.32. The molecule has 0 bridgehead atoms. The Morgan fingerprint density at radius 3 is 2.70 bits per heavy atom. The molecule has 0 unspecified atom stereocenters. The molecule has 23 heavy (non-hydrogen) atoms. The van der Waals surface area contributed by atoms with Gasteiger partial charge >= 0.3 is 5.97 Å². The highest BCUT2D eigenvalue weighted by Gasteiger charge is 2.33. The first-order valence-corrected chi connectivity index (χ1v) is 7.62. The lowest BCUT2D eigenvalue weighted by Crippen LogP contribution is -2.50. The molecule has 0 heterocycles. The van der Waals surface area contributed by atoms with Gasteiger partial charge in [0, 0.05) is 0 Å². The number of amides is 1. The predicted molar refractivity (Wildman–Crippen MR) is 82.8 cm³/mol. The van der Waals surface area contributed by atoms with Gasteiger partial charge in [-0.1, -0.05) is 25.3 Å². The summed E-state index contributed by atoms with van der Waals surface area (Å²) < 4.78 is 10.0. The van der Waals surface area contributed by atoms with E-state index in [-0.39, 0.29) is 12.5 Å². The van der Waals surface area contributed by atoms with Crippen molar-refractivity contribution in [3.05, 3.63) is 29.8 Å². The SMILES string of the molecule is COC(=O)c1cccc(OCC(=O)NC2(C#N)CCCCC2)c1. The number of methoxy groups -OCH3 is 1. The fourth-order valence-electron chi connectivity index (χ4n) is 2.70. The van der Waals surface area contributed by atoms with Crippen LogP contribution >= 0.6 is 0 Å². The second-order valence-electron chi connectivity index (χ2n) is 5.61. The van der Waals surface area contributed by atoms with Gasteiger partial charge in [0.15, 0.2) is 6.61 Å². The minimum Gasteiger partial charge on any atom is -0.484 e. The van der Waals surface area contributed by atoms with Crippen LogP contribution in [0.5, 0.6) is 5.75 Å². The summed E-state index contributed by atoms with van der Waals surface area (Å²) in [7, 11) is 1.30. The van der Waals surface area contributed by atoms with Gasteiger partial charge in [-0.25, -0.2) is 4.79 Å². The first-order valence-electron chi connectivity index (χ1n) is 7.62. The fraction of sp³-hybridized carbons (Fsp3) is 0.471. The van der Waals surface area contributed by atoms with Gasteiger partial charge in [-0.15, -0.1) is 0 Å². The van der Waals surface area contributed by atoms with Gasteiger partial charge in [0.25, 0.3) is 5.91 Å². The molecule has 122 valence electrons. The summed E-state index contributed by atoms with van der Waals surface area (Å²) in [4.78, 5) is 23.5. The van der Waals surface area contributed by atoms with Crippen LogP contribution in [0.1, 0.15) is 42.5 Å². The third-order valence-electron chi connectivity index (χ3n) is 3.92. The molecule has 6 nitrogen and oxygen atoms in total. The zero-order valence-electron chi connectivity index (χ0n) is 13.1. The molecular formula is C17H20N2O4. The largest absolute Gasteiger partial charge is 0.484 e. The lowest BCUT2D eigenvalue weighted by Gasteiger charge is -2.31. The van der Waals surface area contributed by atoms with E-state index in [4.69, 9.17) is 4.74 Å². The number of nitriles is 1. The van der Waals surface area contributed by atoms with Crippen LogP contribution in [-0.2, 0) is 9.53 Å². The average molecular weight is 316 g/mol. The molecule has 0 saturated heterocycles. The van der Waals surface area contributed by atoms with E-state index in [1.54, 1.807) is 18.2 Å². The summed E-state index contributed by atoms with van der Waals surface area (Å²) in [6, 6.07) is 8.65. The Hall–Kier alpha value is -2.55. The molecule has 1 fully saturated rings. The van der Waals surface area contributed by atoms with E-state index in [0.29, 0.717) is 24.2 Å². The maximum atomic E-state index is 12.0. The Morgan fingerprint density at radius 1 is 1.30 bits per heavy atom. The Labute approximate surface area is 135 Å². The quantitative estimate of drug-likeness (QED) is 0.841. The third kappa shape index (κ3) is 4.46. The number of nitrogens with zero attached hydrogens (tertiary/aromatic N) is 1. The molecule has 1 saturated carbocycles. The van der Waals surface area contributed by atoms with Crippen LogP contribution in [0.25, 0.3) is 0 Å².